The fraction of sp³-hybridized carbons (Fsp3) is 0.647. The standard InChI is InChI=1S/C17H26BrFN2/c1-4-17(5-2)12-21(13(3)8-9-20-17)11-14-6-7-16(19)15(18)10-14/h6-7,10,13,20H,4-5,8-9,11-12H2,1-3H3. The van der Waals surface area contributed by atoms with E-state index in [0.29, 0.717) is 10.5 Å². The summed E-state index contributed by atoms with van der Waals surface area (Å²) in [4.78, 5) is 2.53. The predicted octanol–water partition coefficient (Wildman–Crippen LogP) is 4.33. The zero-order valence-corrected chi connectivity index (χ0v) is 14.8. The third-order valence-corrected chi connectivity index (χ3v) is 5.52. The molecule has 0 bridgehead atoms. The first-order valence-corrected chi connectivity index (χ1v) is 8.72. The van der Waals surface area contributed by atoms with E-state index < -0.39 is 0 Å². The second-order valence-electron chi connectivity index (χ2n) is 6.21. The second kappa shape index (κ2) is 7.21. The van der Waals surface area contributed by atoms with Crippen molar-refractivity contribution in [1.29, 1.82) is 0 Å². The molecular weight excluding hydrogens is 331 g/mol. The monoisotopic (exact) mass is 356 g/mol. The number of hydrogen-bond acceptors (Lipinski definition) is 2. The number of nitrogens with zero attached hydrogens (tertiary/aromatic N) is 1. The van der Waals surface area contributed by atoms with Gasteiger partial charge in [0, 0.05) is 24.7 Å². The van der Waals surface area contributed by atoms with E-state index in [-0.39, 0.29) is 11.4 Å². The Morgan fingerprint density at radius 3 is 2.71 bits per heavy atom. The van der Waals surface area contributed by atoms with Gasteiger partial charge < -0.3 is 5.32 Å². The molecule has 0 aliphatic carbocycles. The summed E-state index contributed by atoms with van der Waals surface area (Å²) >= 11 is 3.29. The molecule has 0 amide bonds. The maximum absolute atomic E-state index is 13.4. The molecule has 1 aliphatic heterocycles. The highest BCUT2D eigenvalue weighted by Gasteiger charge is 2.32. The molecule has 0 saturated carbocycles. The van der Waals surface area contributed by atoms with E-state index in [1.165, 1.54) is 0 Å². The van der Waals surface area contributed by atoms with Gasteiger partial charge in [-0.2, -0.15) is 0 Å². The van der Waals surface area contributed by atoms with Gasteiger partial charge in [0.2, 0.25) is 0 Å². The summed E-state index contributed by atoms with van der Waals surface area (Å²) in [6.07, 6.45) is 3.43. The van der Waals surface area contributed by atoms with E-state index in [2.05, 4.69) is 46.9 Å². The fourth-order valence-corrected chi connectivity index (χ4v) is 3.56. The zero-order chi connectivity index (χ0) is 15.5. The van der Waals surface area contributed by atoms with E-state index in [0.717, 1.165) is 44.5 Å². The van der Waals surface area contributed by atoms with Gasteiger partial charge in [0.05, 0.1) is 4.47 Å². The summed E-state index contributed by atoms with van der Waals surface area (Å²) in [5.74, 6) is -0.194. The fourth-order valence-electron chi connectivity index (χ4n) is 3.14. The predicted molar refractivity (Wildman–Crippen MR) is 89.9 cm³/mol. The van der Waals surface area contributed by atoms with Crippen LogP contribution in [0.1, 0.15) is 45.6 Å². The molecule has 1 unspecified atom stereocenters. The smallest absolute Gasteiger partial charge is 0.137 e. The number of benzene rings is 1. The van der Waals surface area contributed by atoms with Crippen LogP contribution in [0.3, 0.4) is 0 Å². The Morgan fingerprint density at radius 2 is 2.10 bits per heavy atom. The molecule has 0 radical (unpaired) electrons. The zero-order valence-electron chi connectivity index (χ0n) is 13.3. The molecule has 21 heavy (non-hydrogen) atoms. The lowest BCUT2D eigenvalue weighted by Crippen LogP contribution is -2.51. The van der Waals surface area contributed by atoms with Crippen molar-refractivity contribution in [2.45, 2.75) is 58.2 Å². The van der Waals surface area contributed by atoms with Crippen molar-refractivity contribution in [2.24, 2.45) is 0 Å². The molecule has 2 nitrogen and oxygen atoms in total. The van der Waals surface area contributed by atoms with Crippen molar-refractivity contribution in [1.82, 2.24) is 10.2 Å². The first-order chi connectivity index (χ1) is 9.99. The molecule has 1 heterocycles. The normalized spacial score (nSPS) is 23.0. The summed E-state index contributed by atoms with van der Waals surface area (Å²) < 4.78 is 13.9. The summed E-state index contributed by atoms with van der Waals surface area (Å²) in [5.41, 5.74) is 1.38. The van der Waals surface area contributed by atoms with Gasteiger partial charge in [0.1, 0.15) is 5.82 Å². The molecule has 4 heteroatoms. The maximum atomic E-state index is 13.4. The van der Waals surface area contributed by atoms with E-state index in [9.17, 15) is 4.39 Å². The van der Waals surface area contributed by atoms with Gasteiger partial charge >= 0.3 is 0 Å². The number of nitrogens with one attached hydrogen (secondary N) is 1. The summed E-state index contributed by atoms with van der Waals surface area (Å²) in [5, 5.41) is 3.75. The molecule has 1 aromatic rings. The van der Waals surface area contributed by atoms with Crippen LogP contribution in [0, 0.1) is 5.82 Å². The van der Waals surface area contributed by atoms with E-state index in [4.69, 9.17) is 0 Å². The van der Waals surface area contributed by atoms with Gasteiger partial charge in [-0.25, -0.2) is 4.39 Å². The Kier molecular flexibility index (Phi) is 5.81. The Morgan fingerprint density at radius 1 is 1.38 bits per heavy atom. The largest absolute Gasteiger partial charge is 0.310 e. The Balaban J connectivity index is 2.16. The maximum Gasteiger partial charge on any atom is 0.137 e. The average Bonchev–Trinajstić information content (AvgIpc) is 2.63. The van der Waals surface area contributed by atoms with Gasteiger partial charge in [-0.05, 0) is 66.4 Å². The van der Waals surface area contributed by atoms with Crippen molar-refractivity contribution in [3.05, 3.63) is 34.1 Å². The van der Waals surface area contributed by atoms with E-state index in [1.54, 1.807) is 6.07 Å². The van der Waals surface area contributed by atoms with Crippen LogP contribution < -0.4 is 5.32 Å². The quantitative estimate of drug-likeness (QED) is 0.863. The van der Waals surface area contributed by atoms with Gasteiger partial charge in [0.15, 0.2) is 0 Å². The molecule has 1 aromatic carbocycles. The lowest BCUT2D eigenvalue weighted by molar-refractivity contribution is 0.152. The van der Waals surface area contributed by atoms with Gasteiger partial charge in [-0.1, -0.05) is 19.9 Å². The van der Waals surface area contributed by atoms with Crippen LogP contribution in [0.15, 0.2) is 22.7 Å². The summed E-state index contributed by atoms with van der Waals surface area (Å²) in [6.45, 7) is 9.83. The third kappa shape index (κ3) is 4.05. The first-order valence-electron chi connectivity index (χ1n) is 7.92. The van der Waals surface area contributed by atoms with Crippen LogP contribution >= 0.6 is 15.9 Å². The Hall–Kier alpha value is -0.450. The minimum absolute atomic E-state index is 0.194. The molecule has 1 fully saturated rings. The van der Waals surface area contributed by atoms with Crippen LogP contribution in [0.4, 0.5) is 4.39 Å². The minimum Gasteiger partial charge on any atom is -0.310 e. The van der Waals surface area contributed by atoms with E-state index in [1.807, 2.05) is 12.1 Å². The minimum atomic E-state index is -0.194. The third-order valence-electron chi connectivity index (χ3n) is 4.91. The van der Waals surface area contributed by atoms with Crippen LogP contribution in [0.5, 0.6) is 0 Å². The molecule has 118 valence electrons. The lowest BCUT2D eigenvalue weighted by atomic mass is 9.92. The molecule has 1 aliphatic rings. The van der Waals surface area contributed by atoms with Gasteiger partial charge in [-0.3, -0.25) is 4.90 Å². The number of hydrogen-bond donors (Lipinski definition) is 1. The Labute approximate surface area is 136 Å². The van der Waals surface area contributed by atoms with Gasteiger partial charge in [0.25, 0.3) is 0 Å². The van der Waals surface area contributed by atoms with Gasteiger partial charge in [-0.15, -0.1) is 0 Å². The molecule has 1 N–H and O–H groups in total. The van der Waals surface area contributed by atoms with Crippen LogP contribution in [-0.4, -0.2) is 29.6 Å². The summed E-state index contributed by atoms with van der Waals surface area (Å²) in [6, 6.07) is 5.89. The molecule has 0 spiro atoms. The van der Waals surface area contributed by atoms with Crippen molar-refractivity contribution in [3.63, 3.8) is 0 Å². The second-order valence-corrected chi connectivity index (χ2v) is 7.06. The number of halogens is 2. The first kappa shape index (κ1) is 16.9. The van der Waals surface area contributed by atoms with Crippen molar-refractivity contribution >= 4 is 15.9 Å². The lowest BCUT2D eigenvalue weighted by Gasteiger charge is -2.37. The molecule has 1 atom stereocenters. The Bertz CT molecular complexity index is 474. The molecular formula is C17H26BrFN2. The van der Waals surface area contributed by atoms with Crippen LogP contribution in [0.25, 0.3) is 0 Å². The van der Waals surface area contributed by atoms with E-state index >= 15 is 0 Å². The van der Waals surface area contributed by atoms with Crippen molar-refractivity contribution < 1.29 is 4.39 Å². The number of rotatable bonds is 4. The summed E-state index contributed by atoms with van der Waals surface area (Å²) in [7, 11) is 0. The van der Waals surface area contributed by atoms with Crippen LogP contribution in [0.2, 0.25) is 0 Å². The molecule has 1 saturated heterocycles. The highest BCUT2D eigenvalue weighted by Crippen LogP contribution is 2.25. The molecule has 0 aromatic heterocycles. The molecule has 2 rings (SSSR count). The van der Waals surface area contributed by atoms with Crippen molar-refractivity contribution in [3.8, 4) is 0 Å². The average molecular weight is 357 g/mol. The topological polar surface area (TPSA) is 15.3 Å². The van der Waals surface area contributed by atoms with Crippen LogP contribution in [-0.2, 0) is 6.54 Å². The van der Waals surface area contributed by atoms with Crippen molar-refractivity contribution in [2.75, 3.05) is 13.1 Å². The highest BCUT2D eigenvalue weighted by molar-refractivity contribution is 9.10. The SMILES string of the molecule is CCC1(CC)CN(Cc2ccc(F)c(Br)c2)C(C)CCN1. The highest BCUT2D eigenvalue weighted by atomic mass is 79.9.